The summed E-state index contributed by atoms with van der Waals surface area (Å²) in [6.07, 6.45) is -0.984. The average molecular weight is 249 g/mol. The first-order valence-electron chi connectivity index (χ1n) is 5.34. The Bertz CT molecular complexity index is 511. The van der Waals surface area contributed by atoms with Crippen LogP contribution in [0.15, 0.2) is 18.2 Å². The van der Waals surface area contributed by atoms with Crippen LogP contribution in [0.5, 0.6) is 5.75 Å². The van der Waals surface area contributed by atoms with Gasteiger partial charge in [0, 0.05) is 0 Å². The number of aryl methyl sites for hydroxylation is 1. The van der Waals surface area contributed by atoms with E-state index in [0.717, 1.165) is 10.5 Å². The van der Waals surface area contributed by atoms with E-state index in [2.05, 4.69) is 4.74 Å². The van der Waals surface area contributed by atoms with Gasteiger partial charge < -0.3 is 9.47 Å². The van der Waals surface area contributed by atoms with Gasteiger partial charge in [0.05, 0.1) is 12.1 Å². The molecule has 1 saturated heterocycles. The van der Waals surface area contributed by atoms with Gasteiger partial charge in [-0.3, -0.25) is 4.79 Å². The summed E-state index contributed by atoms with van der Waals surface area (Å²) < 4.78 is 9.62. The van der Waals surface area contributed by atoms with E-state index in [1.54, 1.807) is 12.1 Å². The molecule has 1 aliphatic heterocycles. The highest BCUT2D eigenvalue weighted by molar-refractivity contribution is 5.91. The third-order valence-electron chi connectivity index (χ3n) is 2.47. The number of hydrogen-bond donors (Lipinski definition) is 0. The Kier molecular flexibility index (Phi) is 3.27. The van der Waals surface area contributed by atoms with E-state index in [0.29, 0.717) is 6.29 Å². The van der Waals surface area contributed by atoms with Crippen LogP contribution in [0.1, 0.15) is 15.9 Å². The van der Waals surface area contributed by atoms with Crippen molar-refractivity contribution in [3.8, 4) is 5.75 Å². The Morgan fingerprint density at radius 2 is 2.28 bits per heavy atom. The lowest BCUT2D eigenvalue weighted by molar-refractivity contribution is 0.112. The second kappa shape index (κ2) is 4.87. The van der Waals surface area contributed by atoms with Crippen LogP contribution in [0, 0.1) is 6.92 Å². The van der Waals surface area contributed by atoms with Gasteiger partial charge in [0.2, 0.25) is 0 Å². The number of carbonyl (C=O) groups excluding carboxylic acids is 3. The van der Waals surface area contributed by atoms with Crippen LogP contribution in [-0.4, -0.2) is 36.5 Å². The fourth-order valence-corrected chi connectivity index (χ4v) is 1.56. The molecule has 18 heavy (non-hydrogen) atoms. The van der Waals surface area contributed by atoms with Gasteiger partial charge >= 0.3 is 12.2 Å². The molecule has 0 saturated carbocycles. The zero-order valence-electron chi connectivity index (χ0n) is 9.71. The first kappa shape index (κ1) is 12.1. The van der Waals surface area contributed by atoms with Gasteiger partial charge in [-0.25, -0.2) is 14.5 Å². The Labute approximate surface area is 103 Å². The summed E-state index contributed by atoms with van der Waals surface area (Å²) in [4.78, 5) is 34.5. The van der Waals surface area contributed by atoms with E-state index in [4.69, 9.17) is 4.74 Å². The molecule has 6 heteroatoms. The fraction of sp³-hybridized carbons (Fsp3) is 0.250. The van der Waals surface area contributed by atoms with Crippen LogP contribution in [-0.2, 0) is 4.74 Å². The van der Waals surface area contributed by atoms with E-state index in [9.17, 15) is 14.4 Å². The van der Waals surface area contributed by atoms with E-state index in [-0.39, 0.29) is 24.5 Å². The van der Waals surface area contributed by atoms with Gasteiger partial charge in [0.15, 0.2) is 6.29 Å². The Hall–Kier alpha value is -2.37. The molecule has 0 atom stereocenters. The van der Waals surface area contributed by atoms with Crippen LogP contribution >= 0.6 is 0 Å². The minimum atomic E-state index is -0.843. The standard InChI is InChI=1S/C12H11NO5/c1-8-2-3-10(9(6-8)7-14)18-12(16)13-4-5-17-11(13)15/h2-3,6-7H,4-5H2,1H3. The normalized spacial score (nSPS) is 14.3. The van der Waals surface area contributed by atoms with Crippen molar-refractivity contribution in [1.29, 1.82) is 0 Å². The molecule has 1 fully saturated rings. The van der Waals surface area contributed by atoms with Gasteiger partial charge in [-0.15, -0.1) is 0 Å². The van der Waals surface area contributed by atoms with Crippen molar-refractivity contribution in [3.05, 3.63) is 29.3 Å². The Morgan fingerprint density at radius 1 is 1.50 bits per heavy atom. The number of cyclic esters (lactones) is 1. The molecule has 2 amide bonds. The highest BCUT2D eigenvalue weighted by Crippen LogP contribution is 2.19. The molecule has 1 aromatic carbocycles. The minimum absolute atomic E-state index is 0.125. The molecule has 0 aliphatic carbocycles. The SMILES string of the molecule is Cc1ccc(OC(=O)N2CCOC2=O)c(C=O)c1. The maximum atomic E-state index is 11.7. The van der Waals surface area contributed by atoms with Crippen molar-refractivity contribution < 1.29 is 23.9 Å². The number of ether oxygens (including phenoxy) is 2. The second-order valence-corrected chi connectivity index (χ2v) is 3.79. The molecular weight excluding hydrogens is 238 g/mol. The lowest BCUT2D eigenvalue weighted by atomic mass is 10.1. The molecule has 1 heterocycles. The maximum absolute atomic E-state index is 11.7. The number of rotatable bonds is 2. The van der Waals surface area contributed by atoms with Gasteiger partial charge in [-0.05, 0) is 19.1 Å². The molecule has 1 aromatic rings. The minimum Gasteiger partial charge on any atom is -0.447 e. The van der Waals surface area contributed by atoms with Crippen molar-refractivity contribution in [2.24, 2.45) is 0 Å². The van der Waals surface area contributed by atoms with Gasteiger partial charge in [-0.2, -0.15) is 0 Å². The smallest absolute Gasteiger partial charge is 0.424 e. The summed E-state index contributed by atoms with van der Waals surface area (Å²) in [6, 6.07) is 4.81. The van der Waals surface area contributed by atoms with E-state index in [1.807, 2.05) is 6.92 Å². The number of aldehydes is 1. The summed E-state index contributed by atoms with van der Waals surface area (Å²) in [7, 11) is 0. The number of nitrogens with zero attached hydrogens (tertiary/aromatic N) is 1. The van der Waals surface area contributed by atoms with Crippen LogP contribution < -0.4 is 4.74 Å². The van der Waals surface area contributed by atoms with Gasteiger partial charge in [0.25, 0.3) is 0 Å². The van der Waals surface area contributed by atoms with Gasteiger partial charge in [0.1, 0.15) is 12.4 Å². The molecule has 0 N–H and O–H groups in total. The highest BCUT2D eigenvalue weighted by Gasteiger charge is 2.30. The van der Waals surface area contributed by atoms with Crippen molar-refractivity contribution >= 4 is 18.5 Å². The maximum Gasteiger partial charge on any atom is 0.424 e. The third-order valence-corrected chi connectivity index (χ3v) is 2.47. The molecular formula is C12H11NO5. The molecule has 0 bridgehead atoms. The highest BCUT2D eigenvalue weighted by atomic mass is 16.6. The topological polar surface area (TPSA) is 72.9 Å². The number of carbonyl (C=O) groups is 3. The third kappa shape index (κ3) is 2.32. The zero-order chi connectivity index (χ0) is 13.1. The van der Waals surface area contributed by atoms with Crippen molar-refractivity contribution in [2.75, 3.05) is 13.2 Å². The van der Waals surface area contributed by atoms with Crippen LogP contribution in [0.3, 0.4) is 0 Å². The Morgan fingerprint density at radius 3 is 2.89 bits per heavy atom. The molecule has 94 valence electrons. The number of amides is 2. The monoisotopic (exact) mass is 249 g/mol. The predicted molar refractivity (Wildman–Crippen MR) is 60.6 cm³/mol. The first-order chi connectivity index (χ1) is 8.61. The van der Waals surface area contributed by atoms with E-state index in [1.165, 1.54) is 6.07 Å². The molecule has 0 unspecified atom stereocenters. The summed E-state index contributed by atoms with van der Waals surface area (Å²) in [5.41, 5.74) is 1.13. The molecule has 0 spiro atoms. The second-order valence-electron chi connectivity index (χ2n) is 3.79. The van der Waals surface area contributed by atoms with Crippen molar-refractivity contribution in [1.82, 2.24) is 4.90 Å². The largest absolute Gasteiger partial charge is 0.447 e. The van der Waals surface area contributed by atoms with E-state index >= 15 is 0 Å². The van der Waals surface area contributed by atoms with Crippen molar-refractivity contribution in [3.63, 3.8) is 0 Å². The lowest BCUT2D eigenvalue weighted by Crippen LogP contribution is -2.34. The molecule has 0 radical (unpaired) electrons. The number of benzene rings is 1. The van der Waals surface area contributed by atoms with Gasteiger partial charge in [-0.1, -0.05) is 11.6 Å². The van der Waals surface area contributed by atoms with Crippen LogP contribution in [0.25, 0.3) is 0 Å². The lowest BCUT2D eigenvalue weighted by Gasteiger charge is -2.12. The molecule has 0 aromatic heterocycles. The Balaban J connectivity index is 2.16. The van der Waals surface area contributed by atoms with Crippen LogP contribution in [0.4, 0.5) is 9.59 Å². The fourth-order valence-electron chi connectivity index (χ4n) is 1.56. The first-order valence-corrected chi connectivity index (χ1v) is 5.34. The van der Waals surface area contributed by atoms with Crippen LogP contribution in [0.2, 0.25) is 0 Å². The average Bonchev–Trinajstić information content (AvgIpc) is 2.77. The summed E-state index contributed by atoms with van der Waals surface area (Å²) in [5.74, 6) is 0.125. The molecule has 6 nitrogen and oxygen atoms in total. The summed E-state index contributed by atoms with van der Waals surface area (Å²) in [6.45, 7) is 2.12. The predicted octanol–water partition coefficient (Wildman–Crippen LogP) is 1.76. The molecule has 2 rings (SSSR count). The summed E-state index contributed by atoms with van der Waals surface area (Å²) in [5, 5.41) is 0. The zero-order valence-corrected chi connectivity index (χ0v) is 9.71. The molecule has 1 aliphatic rings. The number of imide groups is 1. The summed E-state index contributed by atoms with van der Waals surface area (Å²) >= 11 is 0. The quantitative estimate of drug-likeness (QED) is 0.746. The van der Waals surface area contributed by atoms with Crippen molar-refractivity contribution in [2.45, 2.75) is 6.92 Å². The van der Waals surface area contributed by atoms with E-state index < -0.39 is 12.2 Å². The number of hydrogen-bond acceptors (Lipinski definition) is 5.